The Balaban J connectivity index is 2.16. The third-order valence-electron chi connectivity index (χ3n) is 4.06. The summed E-state index contributed by atoms with van der Waals surface area (Å²) >= 11 is 5.77. The molecule has 0 radical (unpaired) electrons. The highest BCUT2D eigenvalue weighted by Gasteiger charge is 2.27. The summed E-state index contributed by atoms with van der Waals surface area (Å²) in [4.78, 5) is 24.1. The first-order chi connectivity index (χ1) is 15.4. The predicted molar refractivity (Wildman–Crippen MR) is 122 cm³/mol. The molecular weight excluding hydrogens is 496 g/mol. The van der Waals surface area contributed by atoms with Crippen molar-refractivity contribution in [1.29, 1.82) is 0 Å². The first kappa shape index (κ1) is 26.7. The molecule has 0 fully saturated rings. The van der Waals surface area contributed by atoms with Crippen LogP contribution in [-0.2, 0) is 45.1 Å². The Morgan fingerprint density at radius 2 is 1.61 bits per heavy atom. The molecule has 2 aromatic carbocycles. The van der Waals surface area contributed by atoms with E-state index in [2.05, 4.69) is 14.2 Å². The first-order valence-electron chi connectivity index (χ1n) is 9.57. The molecule has 0 aliphatic heterocycles. The molecule has 0 saturated carbocycles. The second-order valence-corrected chi connectivity index (χ2v) is 10.6. The average Bonchev–Trinajstić information content (AvgIpc) is 2.72. The smallest absolute Gasteiger partial charge is 0.310 e. The van der Waals surface area contributed by atoms with Gasteiger partial charge in [-0.05, 0) is 48.9 Å². The van der Waals surface area contributed by atoms with E-state index < -0.39 is 44.7 Å². The minimum absolute atomic E-state index is 0.0494. The number of ether oxygens (including phenoxy) is 1. The summed E-state index contributed by atoms with van der Waals surface area (Å²) in [5, 5.41) is 2.80. The zero-order chi connectivity index (χ0) is 24.6. The number of benzene rings is 2. The van der Waals surface area contributed by atoms with Gasteiger partial charge in [0, 0.05) is 10.7 Å². The monoisotopic (exact) mass is 518 g/mol. The number of anilines is 1. The Morgan fingerprint density at radius 1 is 1.00 bits per heavy atom. The molecule has 1 amide bonds. The molecule has 0 unspecified atom stereocenters. The topological polar surface area (TPSA) is 145 Å². The molecule has 1 atom stereocenters. The summed E-state index contributed by atoms with van der Waals surface area (Å²) in [6.45, 7) is 1.19. The van der Waals surface area contributed by atoms with Gasteiger partial charge in [0.2, 0.25) is 15.9 Å². The third kappa shape index (κ3) is 9.10. The van der Waals surface area contributed by atoms with Crippen molar-refractivity contribution in [3.63, 3.8) is 0 Å². The van der Waals surface area contributed by atoms with E-state index in [1.807, 2.05) is 0 Å². The number of esters is 1. The largest absolute Gasteiger partial charge is 0.466 e. The number of hydrogen-bond acceptors (Lipinski definition) is 8. The van der Waals surface area contributed by atoms with Gasteiger partial charge in [-0.15, -0.1) is 0 Å². The number of nitrogens with one attached hydrogen (secondary N) is 2. The van der Waals surface area contributed by atoms with Gasteiger partial charge in [-0.25, -0.2) is 8.42 Å². The number of hydrogen-bond donors (Lipinski definition) is 2. The zero-order valence-corrected chi connectivity index (χ0v) is 20.2. The fourth-order valence-electron chi connectivity index (χ4n) is 2.54. The van der Waals surface area contributed by atoms with Gasteiger partial charge in [-0.2, -0.15) is 13.1 Å². The predicted octanol–water partition coefficient (Wildman–Crippen LogP) is 1.71. The molecule has 2 rings (SSSR count). The second-order valence-electron chi connectivity index (χ2n) is 6.78. The highest BCUT2D eigenvalue weighted by molar-refractivity contribution is 7.89. The van der Waals surface area contributed by atoms with E-state index in [1.54, 1.807) is 19.1 Å². The van der Waals surface area contributed by atoms with E-state index in [9.17, 15) is 26.4 Å². The van der Waals surface area contributed by atoms with Gasteiger partial charge in [-0.1, -0.05) is 23.7 Å². The van der Waals surface area contributed by atoms with E-state index in [1.165, 1.54) is 36.4 Å². The lowest BCUT2D eigenvalue weighted by Gasteiger charge is -2.18. The summed E-state index contributed by atoms with van der Waals surface area (Å²) in [6.07, 6.45) is 0.825. The van der Waals surface area contributed by atoms with Crippen molar-refractivity contribution >= 4 is 49.3 Å². The van der Waals surface area contributed by atoms with Gasteiger partial charge >= 0.3 is 5.97 Å². The lowest BCUT2D eigenvalue weighted by atomic mass is 10.1. The van der Waals surface area contributed by atoms with Crippen molar-refractivity contribution in [2.45, 2.75) is 24.3 Å². The van der Waals surface area contributed by atoms with Crippen LogP contribution in [0, 0.1) is 0 Å². The lowest BCUT2D eigenvalue weighted by Crippen LogP contribution is -2.47. The van der Waals surface area contributed by atoms with E-state index in [0.717, 1.165) is 6.26 Å². The maximum atomic E-state index is 12.7. The van der Waals surface area contributed by atoms with E-state index in [0.29, 0.717) is 16.3 Å². The Labute approximate surface area is 197 Å². The van der Waals surface area contributed by atoms with Gasteiger partial charge < -0.3 is 10.1 Å². The minimum Gasteiger partial charge on any atom is -0.466 e. The number of halogens is 1. The molecule has 10 nitrogen and oxygen atoms in total. The molecule has 0 aliphatic rings. The number of sulfonamides is 1. The molecule has 180 valence electrons. The van der Waals surface area contributed by atoms with Crippen LogP contribution >= 0.6 is 11.6 Å². The van der Waals surface area contributed by atoms with Crippen LogP contribution in [0.15, 0.2) is 53.4 Å². The summed E-state index contributed by atoms with van der Waals surface area (Å²) in [6, 6.07) is 9.81. The highest BCUT2D eigenvalue weighted by atomic mass is 35.5. The third-order valence-corrected chi connectivity index (χ3v) is 6.37. The standard InChI is InChI=1S/C20H23ClN2O8S2/c1-3-30-19(24)12-14-4-8-16(9-5-14)22-20(25)18(13-31-32(2,26)27)23-33(28,29)17-10-6-15(21)7-11-17/h4-11,18,23H,3,12-13H2,1-2H3,(H,22,25)/t18-/m0/s1. The fourth-order valence-corrected chi connectivity index (χ4v) is 4.23. The van der Waals surface area contributed by atoms with Gasteiger partial charge in [0.25, 0.3) is 10.1 Å². The number of carbonyl (C=O) groups is 2. The van der Waals surface area contributed by atoms with Crippen molar-refractivity contribution in [2.75, 3.05) is 24.8 Å². The SMILES string of the molecule is CCOC(=O)Cc1ccc(NC(=O)[C@H](COS(C)(=O)=O)NS(=O)(=O)c2ccc(Cl)cc2)cc1. The molecule has 0 spiro atoms. The molecular formula is C20H23ClN2O8S2. The second kappa shape index (κ2) is 11.6. The van der Waals surface area contributed by atoms with E-state index in [-0.39, 0.29) is 17.9 Å². The van der Waals surface area contributed by atoms with Crippen LogP contribution in [0.1, 0.15) is 12.5 Å². The quantitative estimate of drug-likeness (QED) is 0.338. The van der Waals surface area contributed by atoms with Crippen molar-refractivity contribution in [1.82, 2.24) is 4.72 Å². The Hall–Kier alpha value is -2.51. The van der Waals surface area contributed by atoms with Crippen LogP contribution < -0.4 is 10.0 Å². The van der Waals surface area contributed by atoms with Crippen molar-refractivity contribution in [3.05, 3.63) is 59.1 Å². The van der Waals surface area contributed by atoms with E-state index >= 15 is 0 Å². The van der Waals surface area contributed by atoms with Crippen LogP contribution in [0.2, 0.25) is 5.02 Å². The molecule has 33 heavy (non-hydrogen) atoms. The van der Waals surface area contributed by atoms with Crippen molar-refractivity contribution < 1.29 is 35.3 Å². The normalized spacial score (nSPS) is 12.7. The Bertz CT molecular complexity index is 1180. The molecule has 0 bridgehead atoms. The maximum Gasteiger partial charge on any atom is 0.310 e. The van der Waals surface area contributed by atoms with Gasteiger partial charge in [0.15, 0.2) is 0 Å². The molecule has 0 aliphatic carbocycles. The molecule has 0 saturated heterocycles. The highest BCUT2D eigenvalue weighted by Crippen LogP contribution is 2.16. The van der Waals surface area contributed by atoms with Gasteiger partial charge in [0.05, 0.1) is 30.8 Å². The first-order valence-corrected chi connectivity index (χ1v) is 13.2. The maximum absolute atomic E-state index is 12.7. The summed E-state index contributed by atoms with van der Waals surface area (Å²) in [5.41, 5.74) is 0.939. The van der Waals surface area contributed by atoms with Crippen LogP contribution in [0.25, 0.3) is 0 Å². The Kier molecular flexibility index (Phi) is 9.37. The van der Waals surface area contributed by atoms with E-state index in [4.69, 9.17) is 16.3 Å². The summed E-state index contributed by atoms with van der Waals surface area (Å²) in [7, 11) is -8.15. The van der Waals surface area contributed by atoms with Gasteiger partial charge in [0.1, 0.15) is 6.04 Å². The number of amides is 1. The van der Waals surface area contributed by atoms with Crippen LogP contribution in [0.5, 0.6) is 0 Å². The molecule has 2 aromatic rings. The fraction of sp³-hybridized carbons (Fsp3) is 0.300. The summed E-state index contributed by atoms with van der Waals surface area (Å²) < 4.78 is 59.7. The molecule has 2 N–H and O–H groups in total. The molecule has 0 heterocycles. The zero-order valence-electron chi connectivity index (χ0n) is 17.8. The number of rotatable bonds is 11. The van der Waals surface area contributed by atoms with Crippen LogP contribution in [0.3, 0.4) is 0 Å². The average molecular weight is 519 g/mol. The Morgan fingerprint density at radius 3 is 2.15 bits per heavy atom. The number of carbonyl (C=O) groups excluding carboxylic acids is 2. The molecule has 13 heteroatoms. The lowest BCUT2D eigenvalue weighted by molar-refractivity contribution is -0.142. The minimum atomic E-state index is -4.20. The summed E-state index contributed by atoms with van der Waals surface area (Å²) in [5.74, 6) is -1.25. The van der Waals surface area contributed by atoms with Crippen molar-refractivity contribution in [2.24, 2.45) is 0 Å². The molecule has 0 aromatic heterocycles. The van der Waals surface area contributed by atoms with Crippen LogP contribution in [0.4, 0.5) is 5.69 Å². The van der Waals surface area contributed by atoms with Gasteiger partial charge in [-0.3, -0.25) is 13.8 Å². The van der Waals surface area contributed by atoms with Crippen LogP contribution in [-0.4, -0.2) is 54.2 Å². The van der Waals surface area contributed by atoms with Crippen molar-refractivity contribution in [3.8, 4) is 0 Å².